The Bertz CT molecular complexity index is 415. The summed E-state index contributed by atoms with van der Waals surface area (Å²) in [4.78, 5) is 11.3. The van der Waals surface area contributed by atoms with Crippen molar-refractivity contribution < 1.29 is 23.0 Å². The number of nitrogens with two attached hydrogens (primary N) is 2. The number of nitrogen functional groups attached to an aromatic ring is 2. The molecular weight excluding hydrogens is 246 g/mol. The van der Waals surface area contributed by atoms with Crippen molar-refractivity contribution in [1.82, 2.24) is 0 Å². The molecule has 1 aromatic carbocycles. The van der Waals surface area contributed by atoms with Crippen LogP contribution in [0.5, 0.6) is 5.75 Å². The van der Waals surface area contributed by atoms with Gasteiger partial charge in [0.05, 0.1) is 13.0 Å². The highest BCUT2D eigenvalue weighted by Crippen LogP contribution is 2.28. The van der Waals surface area contributed by atoms with Gasteiger partial charge in [-0.05, 0) is 6.92 Å². The van der Waals surface area contributed by atoms with Crippen molar-refractivity contribution in [2.24, 2.45) is 0 Å². The molecule has 0 bridgehead atoms. The van der Waals surface area contributed by atoms with E-state index in [-0.39, 0.29) is 30.2 Å². The number of anilines is 2. The lowest BCUT2D eigenvalue weighted by Crippen LogP contribution is -2.12. The second-order valence-electron chi connectivity index (χ2n) is 3.44. The molecular formula is C11H14F2N2O3. The van der Waals surface area contributed by atoms with Crippen LogP contribution in [-0.4, -0.2) is 19.2 Å². The third-order valence-electron chi connectivity index (χ3n) is 2.14. The number of halogens is 2. The minimum absolute atomic E-state index is 0.110. The average molecular weight is 260 g/mol. The van der Waals surface area contributed by atoms with Gasteiger partial charge in [0, 0.05) is 29.1 Å². The molecule has 0 aliphatic carbocycles. The van der Waals surface area contributed by atoms with Crippen molar-refractivity contribution in [1.29, 1.82) is 0 Å². The monoisotopic (exact) mass is 260 g/mol. The fourth-order valence-corrected chi connectivity index (χ4v) is 1.42. The van der Waals surface area contributed by atoms with Gasteiger partial charge in [0.2, 0.25) is 0 Å². The maximum Gasteiger partial charge on any atom is 0.387 e. The van der Waals surface area contributed by atoms with Crippen molar-refractivity contribution in [3.63, 3.8) is 0 Å². The maximum absolute atomic E-state index is 12.0. The molecule has 0 saturated heterocycles. The number of rotatable bonds is 5. The van der Waals surface area contributed by atoms with Gasteiger partial charge in [-0.2, -0.15) is 8.78 Å². The molecule has 1 aromatic rings. The number of ether oxygens (including phenoxy) is 2. The molecule has 1 rings (SSSR count). The normalized spacial score (nSPS) is 10.4. The first-order valence-corrected chi connectivity index (χ1v) is 5.22. The maximum atomic E-state index is 12.0. The van der Waals surface area contributed by atoms with E-state index in [0.717, 1.165) is 0 Å². The van der Waals surface area contributed by atoms with E-state index in [9.17, 15) is 13.6 Å². The fourth-order valence-electron chi connectivity index (χ4n) is 1.42. The molecule has 0 heterocycles. The fraction of sp³-hybridized carbons (Fsp3) is 0.364. The van der Waals surface area contributed by atoms with E-state index in [1.807, 2.05) is 0 Å². The summed E-state index contributed by atoms with van der Waals surface area (Å²) in [5.41, 5.74) is 11.8. The highest BCUT2D eigenvalue weighted by molar-refractivity contribution is 5.79. The molecule has 100 valence electrons. The number of carbonyl (C=O) groups excluding carboxylic acids is 1. The molecule has 0 aliphatic heterocycles. The van der Waals surface area contributed by atoms with Crippen LogP contribution in [0.1, 0.15) is 12.5 Å². The van der Waals surface area contributed by atoms with Gasteiger partial charge in [0.25, 0.3) is 0 Å². The van der Waals surface area contributed by atoms with Gasteiger partial charge in [0.1, 0.15) is 5.75 Å². The Morgan fingerprint density at radius 1 is 1.33 bits per heavy atom. The summed E-state index contributed by atoms with van der Waals surface area (Å²) < 4.78 is 33.0. The first-order chi connectivity index (χ1) is 8.43. The largest absolute Gasteiger partial charge is 0.466 e. The van der Waals surface area contributed by atoms with Crippen molar-refractivity contribution >= 4 is 17.3 Å². The first-order valence-electron chi connectivity index (χ1n) is 5.22. The van der Waals surface area contributed by atoms with Crippen LogP contribution >= 0.6 is 0 Å². The quantitative estimate of drug-likeness (QED) is 0.619. The zero-order valence-corrected chi connectivity index (χ0v) is 9.78. The molecule has 5 nitrogen and oxygen atoms in total. The first kappa shape index (κ1) is 14.0. The lowest BCUT2D eigenvalue weighted by molar-refractivity contribution is -0.142. The SMILES string of the molecule is CCOC(=O)Cc1c(N)cc(OC(F)F)cc1N. The van der Waals surface area contributed by atoms with Crippen LogP contribution in [0.25, 0.3) is 0 Å². The molecule has 0 unspecified atom stereocenters. The van der Waals surface area contributed by atoms with Crippen molar-refractivity contribution in [2.45, 2.75) is 20.0 Å². The minimum Gasteiger partial charge on any atom is -0.466 e. The molecule has 0 fully saturated rings. The lowest BCUT2D eigenvalue weighted by Gasteiger charge is -2.12. The van der Waals surface area contributed by atoms with E-state index < -0.39 is 12.6 Å². The summed E-state index contributed by atoms with van der Waals surface area (Å²) in [6.07, 6.45) is -0.111. The van der Waals surface area contributed by atoms with Gasteiger partial charge in [-0.15, -0.1) is 0 Å². The topological polar surface area (TPSA) is 87.6 Å². The van der Waals surface area contributed by atoms with Gasteiger partial charge < -0.3 is 20.9 Å². The summed E-state index contributed by atoms with van der Waals surface area (Å²) in [5, 5.41) is 0. The van der Waals surface area contributed by atoms with E-state index in [1.54, 1.807) is 6.92 Å². The zero-order valence-electron chi connectivity index (χ0n) is 9.78. The molecule has 4 N–H and O–H groups in total. The molecule has 0 atom stereocenters. The summed E-state index contributed by atoms with van der Waals surface area (Å²) >= 11 is 0. The predicted octanol–water partition coefficient (Wildman–Crippen LogP) is 1.56. The van der Waals surface area contributed by atoms with Gasteiger partial charge in [0.15, 0.2) is 0 Å². The van der Waals surface area contributed by atoms with Crippen LogP contribution in [0.15, 0.2) is 12.1 Å². The highest BCUT2D eigenvalue weighted by Gasteiger charge is 2.14. The summed E-state index contributed by atoms with van der Waals surface area (Å²) in [7, 11) is 0. The number of hydrogen-bond donors (Lipinski definition) is 2. The van der Waals surface area contributed by atoms with E-state index in [0.29, 0.717) is 5.56 Å². The molecule has 0 spiro atoms. The third-order valence-corrected chi connectivity index (χ3v) is 2.14. The Balaban J connectivity index is 2.90. The molecule has 18 heavy (non-hydrogen) atoms. The van der Waals surface area contributed by atoms with E-state index in [2.05, 4.69) is 4.74 Å². The number of alkyl halides is 2. The van der Waals surface area contributed by atoms with Gasteiger partial charge in [-0.1, -0.05) is 0 Å². The van der Waals surface area contributed by atoms with E-state index in [1.165, 1.54) is 12.1 Å². The minimum atomic E-state index is -2.96. The van der Waals surface area contributed by atoms with Crippen molar-refractivity contribution in [2.75, 3.05) is 18.1 Å². The molecule has 7 heteroatoms. The number of hydrogen-bond acceptors (Lipinski definition) is 5. The van der Waals surface area contributed by atoms with E-state index >= 15 is 0 Å². The van der Waals surface area contributed by atoms with Gasteiger partial charge >= 0.3 is 12.6 Å². The van der Waals surface area contributed by atoms with Crippen LogP contribution < -0.4 is 16.2 Å². The van der Waals surface area contributed by atoms with Crippen LogP contribution in [0, 0.1) is 0 Å². The molecule has 0 aromatic heterocycles. The molecule has 0 aliphatic rings. The Labute approximate surface area is 103 Å². The summed E-state index contributed by atoms with van der Waals surface area (Å²) in [6.45, 7) is -1.05. The van der Waals surface area contributed by atoms with Crippen molar-refractivity contribution in [3.05, 3.63) is 17.7 Å². The molecule has 0 amide bonds. The predicted molar refractivity (Wildman–Crippen MR) is 62.2 cm³/mol. The number of carbonyl (C=O) groups is 1. The van der Waals surface area contributed by atoms with Gasteiger partial charge in [-0.25, -0.2) is 0 Å². The Morgan fingerprint density at radius 3 is 2.33 bits per heavy atom. The smallest absolute Gasteiger partial charge is 0.387 e. The second-order valence-corrected chi connectivity index (χ2v) is 3.44. The van der Waals surface area contributed by atoms with Crippen LogP contribution in [-0.2, 0) is 16.0 Å². The Hall–Kier alpha value is -2.05. The Kier molecular flexibility index (Phi) is 4.70. The molecule has 0 saturated carbocycles. The van der Waals surface area contributed by atoms with Crippen LogP contribution in [0.4, 0.5) is 20.2 Å². The summed E-state index contributed by atoms with van der Waals surface area (Å²) in [5.74, 6) is -0.633. The summed E-state index contributed by atoms with van der Waals surface area (Å²) in [6, 6.07) is 2.38. The average Bonchev–Trinajstić information content (AvgIpc) is 2.23. The number of benzene rings is 1. The van der Waals surface area contributed by atoms with Crippen molar-refractivity contribution in [3.8, 4) is 5.75 Å². The molecule has 0 radical (unpaired) electrons. The standard InChI is InChI=1S/C11H14F2N2O3/c1-2-17-10(16)5-7-8(14)3-6(4-9(7)15)18-11(12)13/h3-4,11H,2,5,14-15H2,1H3. The van der Waals surface area contributed by atoms with Crippen LogP contribution in [0.2, 0.25) is 0 Å². The highest BCUT2D eigenvalue weighted by atomic mass is 19.3. The van der Waals surface area contributed by atoms with Gasteiger partial charge in [-0.3, -0.25) is 4.79 Å². The zero-order chi connectivity index (χ0) is 13.7. The lowest BCUT2D eigenvalue weighted by atomic mass is 10.1. The van der Waals surface area contributed by atoms with E-state index in [4.69, 9.17) is 16.2 Å². The second kappa shape index (κ2) is 6.04. The Morgan fingerprint density at radius 2 is 1.89 bits per heavy atom. The number of esters is 1. The third kappa shape index (κ3) is 3.76. The van der Waals surface area contributed by atoms with Crippen LogP contribution in [0.3, 0.4) is 0 Å².